The molecule has 5 rings (SSSR count). The van der Waals surface area contributed by atoms with Crippen LogP contribution in [-0.4, -0.2) is 34.3 Å². The molecule has 2 aliphatic rings. The monoisotopic (exact) mass is 466 g/mol. The smallest absolute Gasteiger partial charge is 0.264 e. The molecule has 0 unspecified atom stereocenters. The molecule has 0 aliphatic carbocycles. The highest BCUT2D eigenvalue weighted by atomic mass is 32.2. The first kappa shape index (κ1) is 21.1. The van der Waals surface area contributed by atoms with Crippen molar-refractivity contribution in [2.24, 2.45) is 0 Å². The van der Waals surface area contributed by atoms with Gasteiger partial charge in [-0.2, -0.15) is 0 Å². The Labute approximate surface area is 191 Å². The summed E-state index contributed by atoms with van der Waals surface area (Å²) < 4.78 is 43.9. The number of carbonyl (C=O) groups excluding carboxylic acids is 1. The minimum Gasteiger partial charge on any atom is -0.484 e. The molecule has 0 radical (unpaired) electrons. The van der Waals surface area contributed by atoms with Crippen molar-refractivity contribution < 1.29 is 27.4 Å². The van der Waals surface area contributed by atoms with Gasteiger partial charge >= 0.3 is 0 Å². The lowest BCUT2D eigenvalue weighted by Gasteiger charge is -2.30. The molecule has 1 amide bonds. The van der Waals surface area contributed by atoms with Crippen molar-refractivity contribution in [3.05, 3.63) is 72.3 Å². The maximum atomic E-state index is 13.2. The maximum absolute atomic E-state index is 13.2. The summed E-state index contributed by atoms with van der Waals surface area (Å²) in [5.74, 6) is 1.32. The van der Waals surface area contributed by atoms with E-state index in [0.29, 0.717) is 29.5 Å². The Balaban J connectivity index is 1.23. The van der Waals surface area contributed by atoms with E-state index in [2.05, 4.69) is 5.32 Å². The molecule has 9 heteroatoms. The van der Waals surface area contributed by atoms with E-state index >= 15 is 0 Å². The molecule has 0 aromatic heterocycles. The number of hydrogen-bond acceptors (Lipinski definition) is 6. The molecule has 0 saturated carbocycles. The number of carbonyl (C=O) groups is 1. The number of amides is 1. The summed E-state index contributed by atoms with van der Waals surface area (Å²) in [6.45, 7) is 0.397. The zero-order valence-corrected chi connectivity index (χ0v) is 18.5. The molecular weight excluding hydrogens is 444 g/mol. The second kappa shape index (κ2) is 8.67. The van der Waals surface area contributed by atoms with Gasteiger partial charge in [-0.3, -0.25) is 9.10 Å². The summed E-state index contributed by atoms with van der Waals surface area (Å²) in [7, 11) is -3.70. The van der Waals surface area contributed by atoms with E-state index in [1.54, 1.807) is 30.3 Å². The molecule has 0 fully saturated rings. The van der Waals surface area contributed by atoms with Crippen molar-refractivity contribution in [1.29, 1.82) is 0 Å². The van der Waals surface area contributed by atoms with Crippen LogP contribution in [0.25, 0.3) is 0 Å². The van der Waals surface area contributed by atoms with Gasteiger partial charge in [0.05, 0.1) is 10.6 Å². The number of anilines is 2. The third-order valence-electron chi connectivity index (χ3n) is 5.51. The molecule has 33 heavy (non-hydrogen) atoms. The molecule has 170 valence electrons. The summed E-state index contributed by atoms with van der Waals surface area (Å²) in [5.41, 5.74) is 2.23. The Kier molecular flexibility index (Phi) is 5.55. The first-order valence-electron chi connectivity index (χ1n) is 10.5. The van der Waals surface area contributed by atoms with E-state index in [0.717, 1.165) is 24.1 Å². The van der Waals surface area contributed by atoms with Crippen LogP contribution < -0.4 is 23.8 Å². The average molecular weight is 467 g/mol. The van der Waals surface area contributed by atoms with E-state index in [4.69, 9.17) is 14.2 Å². The molecule has 1 N–H and O–H groups in total. The number of ether oxygens (including phenoxy) is 3. The molecule has 0 bridgehead atoms. The number of aryl methyl sites for hydroxylation is 1. The molecular formula is C24H22N2O6S. The first-order valence-corrected chi connectivity index (χ1v) is 12.0. The van der Waals surface area contributed by atoms with Crippen LogP contribution in [0.4, 0.5) is 11.4 Å². The Morgan fingerprint density at radius 1 is 1.00 bits per heavy atom. The van der Waals surface area contributed by atoms with Crippen molar-refractivity contribution in [3.63, 3.8) is 0 Å². The van der Waals surface area contributed by atoms with E-state index in [9.17, 15) is 13.2 Å². The van der Waals surface area contributed by atoms with E-state index in [1.807, 2.05) is 24.3 Å². The van der Waals surface area contributed by atoms with Crippen molar-refractivity contribution in [2.75, 3.05) is 29.6 Å². The number of para-hydroxylation sites is 1. The predicted molar refractivity (Wildman–Crippen MR) is 122 cm³/mol. The average Bonchev–Trinajstić information content (AvgIpc) is 3.31. The Bertz CT molecular complexity index is 1290. The van der Waals surface area contributed by atoms with Crippen molar-refractivity contribution >= 4 is 27.3 Å². The molecule has 3 aromatic carbocycles. The van der Waals surface area contributed by atoms with Crippen LogP contribution in [0.15, 0.2) is 71.6 Å². The maximum Gasteiger partial charge on any atom is 0.264 e. The Morgan fingerprint density at radius 3 is 2.64 bits per heavy atom. The topological polar surface area (TPSA) is 94.2 Å². The second-order valence-corrected chi connectivity index (χ2v) is 9.55. The van der Waals surface area contributed by atoms with Gasteiger partial charge in [0.2, 0.25) is 6.79 Å². The molecule has 0 atom stereocenters. The van der Waals surface area contributed by atoms with Gasteiger partial charge in [0.15, 0.2) is 18.1 Å². The molecule has 0 saturated heterocycles. The van der Waals surface area contributed by atoms with Crippen LogP contribution >= 0.6 is 0 Å². The van der Waals surface area contributed by atoms with Crippen LogP contribution in [0, 0.1) is 0 Å². The fourth-order valence-electron chi connectivity index (χ4n) is 3.90. The molecule has 3 aromatic rings. The fraction of sp³-hybridized carbons (Fsp3) is 0.208. The highest BCUT2D eigenvalue weighted by Crippen LogP contribution is 2.35. The number of benzene rings is 3. The fourth-order valence-corrected chi connectivity index (χ4v) is 5.44. The second-order valence-electron chi connectivity index (χ2n) is 7.69. The highest BCUT2D eigenvalue weighted by Gasteiger charge is 2.28. The summed E-state index contributed by atoms with van der Waals surface area (Å²) in [6.07, 6.45) is 1.63. The third kappa shape index (κ3) is 4.31. The first-order chi connectivity index (χ1) is 16.0. The number of sulfonamides is 1. The lowest BCUT2D eigenvalue weighted by atomic mass is 10.0. The molecule has 8 nitrogen and oxygen atoms in total. The quantitative estimate of drug-likeness (QED) is 0.597. The lowest BCUT2D eigenvalue weighted by molar-refractivity contribution is -0.118. The summed E-state index contributed by atoms with van der Waals surface area (Å²) in [4.78, 5) is 12.4. The van der Waals surface area contributed by atoms with Crippen LogP contribution in [0.3, 0.4) is 0 Å². The van der Waals surface area contributed by atoms with Gasteiger partial charge in [0.25, 0.3) is 15.9 Å². The largest absolute Gasteiger partial charge is 0.484 e. The number of hydrogen-bond donors (Lipinski definition) is 1. The highest BCUT2D eigenvalue weighted by molar-refractivity contribution is 7.92. The zero-order valence-electron chi connectivity index (χ0n) is 17.7. The van der Waals surface area contributed by atoms with Crippen LogP contribution in [0.5, 0.6) is 17.2 Å². The van der Waals surface area contributed by atoms with E-state index in [1.165, 1.54) is 16.4 Å². The van der Waals surface area contributed by atoms with Crippen LogP contribution in [0.2, 0.25) is 0 Å². The summed E-state index contributed by atoms with van der Waals surface area (Å²) >= 11 is 0. The number of nitrogens with zero attached hydrogens (tertiary/aromatic N) is 1. The van der Waals surface area contributed by atoms with Gasteiger partial charge in [-0.15, -0.1) is 0 Å². The van der Waals surface area contributed by atoms with Gasteiger partial charge in [0, 0.05) is 18.3 Å². The number of fused-ring (bicyclic) bond motifs is 2. The van der Waals surface area contributed by atoms with Crippen molar-refractivity contribution in [3.8, 4) is 17.2 Å². The normalized spacial score (nSPS) is 14.5. The van der Waals surface area contributed by atoms with E-state index in [-0.39, 0.29) is 24.2 Å². The number of rotatable bonds is 6. The van der Waals surface area contributed by atoms with Crippen LogP contribution in [0.1, 0.15) is 12.0 Å². The summed E-state index contributed by atoms with van der Waals surface area (Å²) in [5, 5.41) is 2.71. The number of nitrogens with one attached hydrogen (secondary N) is 1. The molecule has 0 spiro atoms. The Hall–Kier alpha value is -3.72. The molecule has 2 aliphatic heterocycles. The SMILES string of the molecule is O=C(COc1ccc2c(c1)OCO2)Nc1ccc(S(=O)(=O)N2CCCc3ccccc32)cc1. The van der Waals surface area contributed by atoms with Gasteiger partial charge < -0.3 is 19.5 Å². The minimum absolute atomic E-state index is 0.162. The minimum atomic E-state index is -3.70. The van der Waals surface area contributed by atoms with E-state index < -0.39 is 10.0 Å². The van der Waals surface area contributed by atoms with Gasteiger partial charge in [-0.1, -0.05) is 18.2 Å². The zero-order chi connectivity index (χ0) is 22.8. The summed E-state index contributed by atoms with van der Waals surface area (Å²) in [6, 6.07) is 18.8. The standard InChI is InChI=1S/C24H22N2O6S/c27-24(15-30-19-9-12-22-23(14-19)32-16-31-22)25-18-7-10-20(11-8-18)33(28,29)26-13-3-5-17-4-1-2-6-21(17)26/h1-2,4,6-12,14H,3,5,13,15-16H2,(H,25,27). The third-order valence-corrected chi connectivity index (χ3v) is 7.34. The van der Waals surface area contributed by atoms with Crippen molar-refractivity contribution in [2.45, 2.75) is 17.7 Å². The van der Waals surface area contributed by atoms with Gasteiger partial charge in [-0.05, 0) is 60.9 Å². The van der Waals surface area contributed by atoms with Crippen molar-refractivity contribution in [1.82, 2.24) is 0 Å². The van der Waals surface area contributed by atoms with Crippen LogP contribution in [-0.2, 0) is 21.2 Å². The lowest BCUT2D eigenvalue weighted by Crippen LogP contribution is -2.35. The predicted octanol–water partition coefficient (Wildman–Crippen LogP) is 3.57. The van der Waals surface area contributed by atoms with Gasteiger partial charge in [0.1, 0.15) is 5.75 Å². The Morgan fingerprint density at radius 2 is 1.79 bits per heavy atom. The molecule has 2 heterocycles. The van der Waals surface area contributed by atoms with Gasteiger partial charge in [-0.25, -0.2) is 8.42 Å².